The predicted octanol–water partition coefficient (Wildman–Crippen LogP) is 2.02. The molecule has 0 saturated carbocycles. The number of carbonyl (C=O) groups is 1. The van der Waals surface area contributed by atoms with Crippen molar-refractivity contribution in [3.8, 4) is 0 Å². The lowest BCUT2D eigenvalue weighted by molar-refractivity contribution is -0.0979. The van der Waals surface area contributed by atoms with Crippen molar-refractivity contribution >= 4 is 17.7 Å². The van der Waals surface area contributed by atoms with Gasteiger partial charge in [-0.15, -0.1) is 0 Å². The largest absolute Gasteiger partial charge is 0.379 e. The van der Waals surface area contributed by atoms with Gasteiger partial charge in [0, 0.05) is 23.1 Å². The van der Waals surface area contributed by atoms with Crippen LogP contribution in [0.5, 0.6) is 0 Å². The number of nitrogens with one attached hydrogen (secondary N) is 2. The van der Waals surface area contributed by atoms with Gasteiger partial charge < -0.3 is 20.2 Å². The summed E-state index contributed by atoms with van der Waals surface area (Å²) in [4.78, 5) is 13.0. The van der Waals surface area contributed by atoms with E-state index < -0.39 is 0 Å². The number of aliphatic hydroxyl groups is 1. The Balaban J connectivity index is 0.000000470. The molecule has 1 aromatic carbocycles. The minimum absolute atomic E-state index is 0.315. The molecule has 0 spiro atoms. The fourth-order valence-corrected chi connectivity index (χ4v) is 1.73. The first kappa shape index (κ1) is 20.3. The Kier molecular flexibility index (Phi) is 10.1. The van der Waals surface area contributed by atoms with E-state index in [-0.39, 0.29) is 6.23 Å². The molecule has 0 radical (unpaired) electrons. The van der Waals surface area contributed by atoms with Gasteiger partial charge in [-0.25, -0.2) is 0 Å². The Morgan fingerprint density at radius 1 is 1.27 bits per heavy atom. The van der Waals surface area contributed by atoms with Gasteiger partial charge in [0.05, 0.1) is 0 Å². The molecular weight excluding hydrogens is 278 g/mol. The maximum absolute atomic E-state index is 8.56. The fourth-order valence-electron chi connectivity index (χ4n) is 1.73. The highest BCUT2D eigenvalue weighted by molar-refractivity contribution is 5.83. The summed E-state index contributed by atoms with van der Waals surface area (Å²) in [5.74, 6) is 0. The van der Waals surface area contributed by atoms with Crippen molar-refractivity contribution < 1.29 is 9.90 Å². The normalized spacial score (nSPS) is 12.9. The van der Waals surface area contributed by atoms with Crippen LogP contribution in [0.2, 0.25) is 0 Å². The third-order valence-electron chi connectivity index (χ3n) is 3.44. The number of aromatic amines is 1. The molecule has 0 aliphatic carbocycles. The Morgan fingerprint density at radius 2 is 1.82 bits per heavy atom. The smallest absolute Gasteiger partial charge is 0.106 e. The lowest BCUT2D eigenvalue weighted by atomic mass is 10.1. The first-order valence-electron chi connectivity index (χ1n) is 7.31. The number of hydrogen-bond donors (Lipinski definition) is 3. The number of hydrogen-bond acceptors (Lipinski definition) is 4. The zero-order chi connectivity index (χ0) is 17.1. The quantitative estimate of drug-likeness (QED) is 0.756. The minimum Gasteiger partial charge on any atom is -0.379 e. The van der Waals surface area contributed by atoms with Gasteiger partial charge in [0.2, 0.25) is 0 Å². The maximum Gasteiger partial charge on any atom is 0.106 e. The second-order valence-corrected chi connectivity index (χ2v) is 5.35. The number of para-hydroxylation sites is 1. The van der Waals surface area contributed by atoms with Crippen molar-refractivity contribution in [1.29, 1.82) is 0 Å². The van der Waals surface area contributed by atoms with Crippen molar-refractivity contribution in [3.05, 3.63) is 36.0 Å². The molecule has 1 heterocycles. The maximum atomic E-state index is 8.56. The van der Waals surface area contributed by atoms with Crippen LogP contribution in [0.4, 0.5) is 0 Å². The summed E-state index contributed by atoms with van der Waals surface area (Å²) in [6.07, 6.45) is 2.86. The number of aliphatic hydroxyl groups excluding tert-OH is 1. The van der Waals surface area contributed by atoms with Gasteiger partial charge in [0.25, 0.3) is 0 Å². The second kappa shape index (κ2) is 11.0. The third kappa shape index (κ3) is 6.85. The highest BCUT2D eigenvalue weighted by Crippen LogP contribution is 2.18. The van der Waals surface area contributed by atoms with Crippen molar-refractivity contribution in [2.75, 3.05) is 21.1 Å². The number of likely N-dealkylation sites (N-methyl/N-ethyl adjacent to an activating group) is 1. The molecule has 5 nitrogen and oxygen atoms in total. The van der Waals surface area contributed by atoms with Crippen LogP contribution in [0.1, 0.15) is 19.4 Å². The van der Waals surface area contributed by atoms with E-state index in [1.807, 2.05) is 27.9 Å². The number of carbonyl (C=O) groups excluding carboxylic acids is 1. The minimum atomic E-state index is -0.315. The van der Waals surface area contributed by atoms with E-state index in [4.69, 9.17) is 9.90 Å². The summed E-state index contributed by atoms with van der Waals surface area (Å²) in [6, 6.07) is 8.95. The standard InChI is InChI=1S/C12H16N2.C4H11NO.CH2O/c1-9(13-2)7-10-8-14-12-6-4-3-5-11(10)12;1-4(6)5(2)3;1-2/h3-6,8-9,13-14H,7H2,1-2H3;4,6H,1-3H3;1H2. The summed E-state index contributed by atoms with van der Waals surface area (Å²) < 4.78 is 0. The lowest BCUT2D eigenvalue weighted by Gasteiger charge is -2.11. The third-order valence-corrected chi connectivity index (χ3v) is 3.44. The van der Waals surface area contributed by atoms with E-state index in [0.29, 0.717) is 6.04 Å². The molecule has 0 fully saturated rings. The lowest BCUT2D eigenvalue weighted by Crippen LogP contribution is -2.23. The van der Waals surface area contributed by atoms with Crippen LogP contribution in [0.25, 0.3) is 10.9 Å². The Labute approximate surface area is 133 Å². The number of H-pyrrole nitrogens is 1. The summed E-state index contributed by atoms with van der Waals surface area (Å²) in [7, 11) is 5.65. The van der Waals surface area contributed by atoms with E-state index >= 15 is 0 Å². The molecule has 124 valence electrons. The molecule has 0 saturated heterocycles. The molecule has 1 aromatic heterocycles. The number of fused-ring (bicyclic) bond motifs is 1. The first-order chi connectivity index (χ1) is 10.5. The van der Waals surface area contributed by atoms with Crippen molar-refractivity contribution in [2.45, 2.75) is 32.5 Å². The van der Waals surface area contributed by atoms with E-state index in [1.54, 1.807) is 11.8 Å². The van der Waals surface area contributed by atoms with Crippen LogP contribution in [0.3, 0.4) is 0 Å². The van der Waals surface area contributed by atoms with Crippen LogP contribution in [0, 0.1) is 0 Å². The molecule has 0 aliphatic heterocycles. The molecular formula is C17H29N3O2. The summed E-state index contributed by atoms with van der Waals surface area (Å²) >= 11 is 0. The van der Waals surface area contributed by atoms with Gasteiger partial charge in [0.15, 0.2) is 0 Å². The summed E-state index contributed by atoms with van der Waals surface area (Å²) in [5.41, 5.74) is 2.62. The molecule has 0 amide bonds. The van der Waals surface area contributed by atoms with E-state index in [2.05, 4.69) is 47.7 Å². The van der Waals surface area contributed by atoms with Gasteiger partial charge in [-0.2, -0.15) is 0 Å². The topological polar surface area (TPSA) is 68.4 Å². The molecule has 3 N–H and O–H groups in total. The van der Waals surface area contributed by atoms with E-state index in [9.17, 15) is 0 Å². The predicted molar refractivity (Wildman–Crippen MR) is 93.0 cm³/mol. The number of benzene rings is 1. The van der Waals surface area contributed by atoms with Crippen LogP contribution < -0.4 is 5.32 Å². The molecule has 2 rings (SSSR count). The summed E-state index contributed by atoms with van der Waals surface area (Å²) in [5, 5.41) is 13.2. The Bertz CT molecular complexity index is 517. The van der Waals surface area contributed by atoms with Crippen molar-refractivity contribution in [3.63, 3.8) is 0 Å². The number of nitrogens with zero attached hydrogens (tertiary/aromatic N) is 1. The zero-order valence-electron chi connectivity index (χ0n) is 14.3. The molecule has 2 aromatic rings. The Morgan fingerprint density at radius 3 is 2.32 bits per heavy atom. The van der Waals surface area contributed by atoms with E-state index in [1.165, 1.54) is 16.5 Å². The average molecular weight is 307 g/mol. The summed E-state index contributed by atoms with van der Waals surface area (Å²) in [6.45, 7) is 5.92. The molecule has 2 atom stereocenters. The van der Waals surface area contributed by atoms with Crippen LogP contribution in [-0.2, 0) is 11.2 Å². The number of rotatable bonds is 4. The molecule has 2 unspecified atom stereocenters. The SMILES string of the molecule is C=O.CC(O)N(C)C.CNC(C)Cc1c[nH]c2ccccc12. The molecule has 5 heteroatoms. The van der Waals surface area contributed by atoms with Gasteiger partial charge in [-0.3, -0.25) is 4.90 Å². The molecule has 0 aliphatic rings. The van der Waals surface area contributed by atoms with Crippen molar-refractivity contribution in [1.82, 2.24) is 15.2 Å². The van der Waals surface area contributed by atoms with E-state index in [0.717, 1.165) is 6.42 Å². The van der Waals surface area contributed by atoms with Gasteiger partial charge in [-0.05, 0) is 53.0 Å². The van der Waals surface area contributed by atoms with Gasteiger partial charge >= 0.3 is 0 Å². The van der Waals surface area contributed by atoms with Gasteiger partial charge in [-0.1, -0.05) is 18.2 Å². The number of aromatic nitrogens is 1. The molecule has 22 heavy (non-hydrogen) atoms. The highest BCUT2D eigenvalue weighted by Gasteiger charge is 2.05. The second-order valence-electron chi connectivity index (χ2n) is 5.35. The van der Waals surface area contributed by atoms with Crippen LogP contribution in [0.15, 0.2) is 30.5 Å². The average Bonchev–Trinajstić information content (AvgIpc) is 2.93. The van der Waals surface area contributed by atoms with Crippen LogP contribution in [-0.4, -0.2) is 55.2 Å². The monoisotopic (exact) mass is 307 g/mol. The highest BCUT2D eigenvalue weighted by atomic mass is 16.3. The van der Waals surface area contributed by atoms with Crippen molar-refractivity contribution in [2.24, 2.45) is 0 Å². The zero-order valence-corrected chi connectivity index (χ0v) is 14.3. The Hall–Kier alpha value is -1.69. The fraction of sp³-hybridized carbons (Fsp3) is 0.471. The van der Waals surface area contributed by atoms with Crippen LogP contribution >= 0.6 is 0 Å². The first-order valence-corrected chi connectivity index (χ1v) is 7.31. The van der Waals surface area contributed by atoms with Gasteiger partial charge in [0.1, 0.15) is 13.0 Å². The molecule has 0 bridgehead atoms.